The number of benzene rings is 1. The van der Waals surface area contributed by atoms with Crippen molar-refractivity contribution < 1.29 is 4.79 Å². The van der Waals surface area contributed by atoms with Gasteiger partial charge in [-0.3, -0.25) is 4.79 Å². The third-order valence-corrected chi connectivity index (χ3v) is 2.09. The molecule has 0 unspecified atom stereocenters. The summed E-state index contributed by atoms with van der Waals surface area (Å²) in [6.45, 7) is 2.28. The van der Waals surface area contributed by atoms with Gasteiger partial charge in [0.15, 0.2) is 0 Å². The fourth-order valence-electron chi connectivity index (χ4n) is 0.967. The monoisotopic (exact) mass is 248 g/mol. The van der Waals surface area contributed by atoms with Gasteiger partial charge in [0.25, 0.3) is 5.91 Å². The minimum atomic E-state index is -0.125. The van der Waals surface area contributed by atoms with Gasteiger partial charge in [-0.25, -0.2) is 0 Å². The smallest absolute Gasteiger partial charge is 0.251 e. The SMILES string of the molecule is C[C@@H](CN)NC(=O)c1ccc(Cl)cc1.Cl. The van der Waals surface area contributed by atoms with Gasteiger partial charge in [-0.1, -0.05) is 11.6 Å². The zero-order valence-corrected chi connectivity index (χ0v) is 9.94. The van der Waals surface area contributed by atoms with Crippen LogP contribution < -0.4 is 11.1 Å². The Morgan fingerprint density at radius 3 is 2.47 bits per heavy atom. The van der Waals surface area contributed by atoms with E-state index in [4.69, 9.17) is 17.3 Å². The van der Waals surface area contributed by atoms with Crippen LogP contribution in [0, 0.1) is 0 Å². The molecule has 0 aliphatic rings. The molecule has 0 bridgehead atoms. The van der Waals surface area contributed by atoms with E-state index in [0.717, 1.165) is 0 Å². The van der Waals surface area contributed by atoms with Crippen LogP contribution >= 0.6 is 24.0 Å². The van der Waals surface area contributed by atoms with E-state index in [1.165, 1.54) is 0 Å². The second-order valence-electron chi connectivity index (χ2n) is 3.12. The average molecular weight is 249 g/mol. The summed E-state index contributed by atoms with van der Waals surface area (Å²) in [5, 5.41) is 3.38. The summed E-state index contributed by atoms with van der Waals surface area (Å²) >= 11 is 5.70. The lowest BCUT2D eigenvalue weighted by molar-refractivity contribution is 0.0941. The number of carbonyl (C=O) groups excluding carboxylic acids is 1. The van der Waals surface area contributed by atoms with Gasteiger partial charge >= 0.3 is 0 Å². The Morgan fingerprint density at radius 2 is 2.00 bits per heavy atom. The van der Waals surface area contributed by atoms with Crippen LogP contribution in [0.2, 0.25) is 5.02 Å². The molecule has 0 aliphatic carbocycles. The van der Waals surface area contributed by atoms with Crippen LogP contribution in [-0.2, 0) is 0 Å². The Bertz CT molecular complexity index is 314. The molecule has 1 atom stereocenters. The Morgan fingerprint density at radius 1 is 1.47 bits per heavy atom. The Balaban J connectivity index is 0.00000196. The number of hydrogen-bond donors (Lipinski definition) is 2. The van der Waals surface area contributed by atoms with Crippen LogP contribution in [0.25, 0.3) is 0 Å². The van der Waals surface area contributed by atoms with Crippen molar-refractivity contribution in [3.05, 3.63) is 34.9 Å². The van der Waals surface area contributed by atoms with E-state index in [1.807, 2.05) is 6.92 Å². The van der Waals surface area contributed by atoms with E-state index in [2.05, 4.69) is 5.32 Å². The lowest BCUT2D eigenvalue weighted by Gasteiger charge is -2.10. The number of nitrogens with one attached hydrogen (secondary N) is 1. The van der Waals surface area contributed by atoms with Crippen LogP contribution in [0.15, 0.2) is 24.3 Å². The Kier molecular flexibility index (Phi) is 6.32. The van der Waals surface area contributed by atoms with Gasteiger partial charge in [-0.05, 0) is 31.2 Å². The van der Waals surface area contributed by atoms with E-state index in [0.29, 0.717) is 17.1 Å². The first kappa shape index (κ1) is 14.2. The summed E-state index contributed by atoms with van der Waals surface area (Å²) in [4.78, 5) is 11.5. The van der Waals surface area contributed by atoms with Crippen molar-refractivity contribution in [1.82, 2.24) is 5.32 Å². The normalized spacial score (nSPS) is 11.4. The van der Waals surface area contributed by atoms with Crippen LogP contribution in [0.5, 0.6) is 0 Å². The number of rotatable bonds is 3. The van der Waals surface area contributed by atoms with Crippen LogP contribution in [0.1, 0.15) is 17.3 Å². The highest BCUT2D eigenvalue weighted by molar-refractivity contribution is 6.30. The molecule has 5 heteroatoms. The number of halogens is 2. The second kappa shape index (κ2) is 6.67. The standard InChI is InChI=1S/C10H13ClN2O.ClH/c1-7(6-12)13-10(14)8-2-4-9(11)5-3-8;/h2-5,7H,6,12H2,1H3,(H,13,14);1H/t7-;/m0./s1. The molecule has 0 radical (unpaired) electrons. The molecule has 15 heavy (non-hydrogen) atoms. The number of carbonyl (C=O) groups is 1. The topological polar surface area (TPSA) is 55.1 Å². The molecule has 1 rings (SSSR count). The molecule has 0 saturated heterocycles. The molecule has 0 aromatic heterocycles. The average Bonchev–Trinajstić information content (AvgIpc) is 2.18. The van der Waals surface area contributed by atoms with Crippen molar-refractivity contribution in [2.45, 2.75) is 13.0 Å². The van der Waals surface area contributed by atoms with Gasteiger partial charge in [0.1, 0.15) is 0 Å². The molecule has 3 N–H and O–H groups in total. The van der Waals surface area contributed by atoms with Crippen LogP contribution in [0.3, 0.4) is 0 Å². The van der Waals surface area contributed by atoms with E-state index >= 15 is 0 Å². The van der Waals surface area contributed by atoms with Gasteiger partial charge in [0.05, 0.1) is 0 Å². The maximum Gasteiger partial charge on any atom is 0.251 e. The molecule has 3 nitrogen and oxygen atoms in total. The minimum absolute atomic E-state index is 0. The first-order valence-corrected chi connectivity index (χ1v) is 4.77. The molecule has 0 aliphatic heterocycles. The number of amides is 1. The summed E-state index contributed by atoms with van der Waals surface area (Å²) in [6, 6.07) is 6.72. The quantitative estimate of drug-likeness (QED) is 0.858. The second-order valence-corrected chi connectivity index (χ2v) is 3.55. The van der Waals surface area contributed by atoms with Crippen LogP contribution in [0.4, 0.5) is 0 Å². The van der Waals surface area contributed by atoms with E-state index < -0.39 is 0 Å². The molecule has 1 aromatic carbocycles. The molecule has 1 amide bonds. The van der Waals surface area contributed by atoms with Gasteiger partial charge in [0, 0.05) is 23.2 Å². The lowest BCUT2D eigenvalue weighted by atomic mass is 10.2. The molecular formula is C10H14Cl2N2O. The van der Waals surface area contributed by atoms with Crippen molar-refractivity contribution in [1.29, 1.82) is 0 Å². The fraction of sp³-hybridized carbons (Fsp3) is 0.300. The Hall–Kier alpha value is -0.770. The first-order valence-electron chi connectivity index (χ1n) is 4.40. The highest BCUT2D eigenvalue weighted by Crippen LogP contribution is 2.09. The summed E-state index contributed by atoms with van der Waals surface area (Å²) in [7, 11) is 0. The summed E-state index contributed by atoms with van der Waals surface area (Å²) in [5.41, 5.74) is 5.98. The molecule has 0 fully saturated rings. The van der Waals surface area contributed by atoms with Crippen LogP contribution in [-0.4, -0.2) is 18.5 Å². The third-order valence-electron chi connectivity index (χ3n) is 1.84. The molecule has 0 spiro atoms. The van der Waals surface area contributed by atoms with Gasteiger partial charge in [-0.15, -0.1) is 12.4 Å². The maximum absolute atomic E-state index is 11.5. The maximum atomic E-state index is 11.5. The molecule has 0 saturated carbocycles. The largest absolute Gasteiger partial charge is 0.348 e. The number of hydrogen-bond acceptors (Lipinski definition) is 2. The van der Waals surface area contributed by atoms with E-state index in [9.17, 15) is 4.79 Å². The van der Waals surface area contributed by atoms with Gasteiger partial charge in [-0.2, -0.15) is 0 Å². The highest BCUT2D eigenvalue weighted by atomic mass is 35.5. The van der Waals surface area contributed by atoms with Crippen molar-refractivity contribution in [2.75, 3.05) is 6.54 Å². The van der Waals surface area contributed by atoms with Gasteiger partial charge in [0.2, 0.25) is 0 Å². The van der Waals surface area contributed by atoms with E-state index in [1.54, 1.807) is 24.3 Å². The fourth-order valence-corrected chi connectivity index (χ4v) is 1.09. The molecular weight excluding hydrogens is 235 g/mol. The number of nitrogens with two attached hydrogens (primary N) is 1. The van der Waals surface area contributed by atoms with Crippen molar-refractivity contribution in [3.8, 4) is 0 Å². The van der Waals surface area contributed by atoms with E-state index in [-0.39, 0.29) is 24.4 Å². The minimum Gasteiger partial charge on any atom is -0.348 e. The predicted molar refractivity (Wildman–Crippen MR) is 64.7 cm³/mol. The van der Waals surface area contributed by atoms with Crippen molar-refractivity contribution >= 4 is 29.9 Å². The summed E-state index contributed by atoms with van der Waals surface area (Å²) in [5.74, 6) is -0.125. The molecule has 84 valence electrons. The van der Waals surface area contributed by atoms with Gasteiger partial charge < -0.3 is 11.1 Å². The predicted octanol–water partition coefficient (Wildman–Crippen LogP) is 1.84. The first-order chi connectivity index (χ1) is 6.63. The van der Waals surface area contributed by atoms with Crippen molar-refractivity contribution in [2.24, 2.45) is 5.73 Å². The lowest BCUT2D eigenvalue weighted by Crippen LogP contribution is -2.37. The summed E-state index contributed by atoms with van der Waals surface area (Å²) < 4.78 is 0. The highest BCUT2D eigenvalue weighted by Gasteiger charge is 2.07. The zero-order chi connectivity index (χ0) is 10.6. The van der Waals surface area contributed by atoms with Crippen molar-refractivity contribution in [3.63, 3.8) is 0 Å². The summed E-state index contributed by atoms with van der Waals surface area (Å²) in [6.07, 6.45) is 0. The molecule has 1 aromatic rings. The molecule has 0 heterocycles. The Labute approximate surface area is 100 Å². The zero-order valence-electron chi connectivity index (χ0n) is 8.37. The third kappa shape index (κ3) is 4.51.